The molecule has 1 N–H and O–H groups in total. The third kappa shape index (κ3) is 3.67. The fourth-order valence-corrected chi connectivity index (χ4v) is 1.42. The summed E-state index contributed by atoms with van der Waals surface area (Å²) in [6.07, 6.45) is -16.0. The molecular weight excluding hydrogens is 496 g/mol. The summed E-state index contributed by atoms with van der Waals surface area (Å²) in [5, 5.41) is 7.72. The lowest BCUT2D eigenvalue weighted by molar-refractivity contribution is -0.505. The van der Waals surface area contributed by atoms with Gasteiger partial charge in [0.05, 0.1) is 0 Å². The number of carboxylic acid groups (broad SMARTS) is 1. The summed E-state index contributed by atoms with van der Waals surface area (Å²) in [6, 6.07) is -25.8. The van der Waals surface area contributed by atoms with Crippen molar-refractivity contribution in [3.63, 3.8) is 0 Å². The van der Waals surface area contributed by atoms with Crippen molar-refractivity contribution in [3.8, 4) is 0 Å². The average Bonchev–Trinajstić information content (AvgIpc) is 2.42. The maximum atomic E-state index is 13.4. The van der Waals surface area contributed by atoms with Gasteiger partial charge in [-0.1, -0.05) is 0 Å². The predicted molar refractivity (Wildman–Crippen MR) is 51.3 cm³/mol. The topological polar surface area (TPSA) is 40.5 Å². The molecule has 3 nitrogen and oxygen atoms in total. The molecule has 0 aromatic heterocycles. The Bertz CT molecular complexity index is 622. The smallest absolute Gasteiger partial charge is 0.461 e. The number of nitrogens with zero attached hydrogens (tertiary/aromatic N) is 1. The van der Waals surface area contributed by atoms with E-state index in [-0.39, 0.29) is 0 Å². The summed E-state index contributed by atoms with van der Waals surface area (Å²) in [7, 11) is 0. The number of hydrogen-bond donors (Lipinski definition) is 1. The van der Waals surface area contributed by atoms with Crippen LogP contribution in [0.15, 0.2) is 0 Å². The molecule has 0 aromatic carbocycles. The largest absolute Gasteiger partial charge is 0.477 e. The Morgan fingerprint density at radius 2 is 0.733 bits per heavy atom. The van der Waals surface area contributed by atoms with E-state index in [0.29, 0.717) is 0 Å². The van der Waals surface area contributed by atoms with Gasteiger partial charge in [-0.2, -0.15) is 79.0 Å². The minimum Gasteiger partial charge on any atom is -0.477 e. The van der Waals surface area contributed by atoms with E-state index < -0.39 is 59.1 Å². The Balaban J connectivity index is 7.43. The fraction of sp³-hybridized carbons (Fsp3) is 0.889. The lowest BCUT2D eigenvalue weighted by atomic mass is 10.1. The molecule has 0 aromatic rings. The van der Waals surface area contributed by atoms with Gasteiger partial charge in [0, 0.05) is 0 Å². The minimum absolute atomic E-state index is 4.56. The first-order valence-electron chi connectivity index (χ1n) is 6.00. The molecule has 0 aliphatic carbocycles. The molecule has 0 saturated heterocycles. The van der Waals surface area contributed by atoms with E-state index in [0.717, 1.165) is 0 Å². The standard InChI is InChI=1S/C9HF18NO2/c10-2(11,1(29)30)7(22,23)28(8(24,25)3(12,13)5(16,17)18)9(26,27)4(14,15)6(19,20)21/h(H,29,30). The zero-order valence-corrected chi connectivity index (χ0v) is 12.6. The number of halogens is 18. The SMILES string of the molecule is O=C(O)C(F)(F)C(F)(F)N(C(F)(F)C(F)(F)C(F)(F)F)C(F)(F)C(F)(F)C(F)(F)F. The summed E-state index contributed by atoms with van der Waals surface area (Å²) < 4.78 is 229. The third-order valence-electron chi connectivity index (χ3n) is 2.96. The van der Waals surface area contributed by atoms with Crippen molar-refractivity contribution in [2.75, 3.05) is 0 Å². The van der Waals surface area contributed by atoms with Crippen LogP contribution in [0.4, 0.5) is 79.0 Å². The number of rotatable bonds is 7. The molecule has 0 aliphatic rings. The van der Waals surface area contributed by atoms with Crippen LogP contribution in [-0.4, -0.2) is 64.2 Å². The molecule has 0 fully saturated rings. The molecule has 0 heterocycles. The van der Waals surface area contributed by atoms with Crippen molar-refractivity contribution in [1.29, 1.82) is 0 Å². The molecule has 0 saturated carbocycles. The summed E-state index contributed by atoms with van der Waals surface area (Å²) >= 11 is 0. The van der Waals surface area contributed by atoms with Crippen molar-refractivity contribution >= 4 is 5.97 Å². The fourth-order valence-electron chi connectivity index (χ4n) is 1.42. The highest BCUT2D eigenvalue weighted by molar-refractivity contribution is 5.76. The van der Waals surface area contributed by atoms with E-state index in [1.165, 1.54) is 0 Å². The van der Waals surface area contributed by atoms with Gasteiger partial charge in [-0.3, -0.25) is 0 Å². The molecule has 0 radical (unpaired) electrons. The Morgan fingerprint density at radius 3 is 0.900 bits per heavy atom. The quantitative estimate of drug-likeness (QED) is 0.390. The van der Waals surface area contributed by atoms with Crippen molar-refractivity contribution in [2.45, 2.75) is 48.3 Å². The lowest BCUT2D eigenvalue weighted by Gasteiger charge is -2.46. The zero-order valence-electron chi connectivity index (χ0n) is 12.6. The van der Waals surface area contributed by atoms with Crippen LogP contribution in [0.1, 0.15) is 0 Å². The zero-order chi connectivity index (χ0) is 25.2. The van der Waals surface area contributed by atoms with Crippen LogP contribution in [0.2, 0.25) is 0 Å². The molecule has 180 valence electrons. The molecule has 30 heavy (non-hydrogen) atoms. The second-order valence-electron chi connectivity index (χ2n) is 4.98. The van der Waals surface area contributed by atoms with Gasteiger partial charge in [-0.25, -0.2) is 4.79 Å². The first-order chi connectivity index (χ1) is 12.6. The second-order valence-corrected chi connectivity index (χ2v) is 4.98. The van der Waals surface area contributed by atoms with Crippen LogP contribution in [0, 0.1) is 0 Å². The number of alkyl halides is 18. The van der Waals surface area contributed by atoms with Crippen LogP contribution in [0.5, 0.6) is 0 Å². The molecule has 0 spiro atoms. The molecule has 0 aliphatic heterocycles. The molecule has 0 atom stereocenters. The molecule has 0 unspecified atom stereocenters. The van der Waals surface area contributed by atoms with E-state index in [9.17, 15) is 83.8 Å². The van der Waals surface area contributed by atoms with Gasteiger partial charge in [-0.15, -0.1) is 4.90 Å². The van der Waals surface area contributed by atoms with Crippen LogP contribution in [0.3, 0.4) is 0 Å². The number of carboxylic acids is 1. The van der Waals surface area contributed by atoms with E-state index >= 15 is 0 Å². The highest BCUT2D eigenvalue weighted by Crippen LogP contribution is 2.60. The first-order valence-corrected chi connectivity index (χ1v) is 6.00. The van der Waals surface area contributed by atoms with Crippen molar-refractivity contribution < 1.29 is 88.9 Å². The Kier molecular flexibility index (Phi) is 6.42. The molecular formula is C9HF18NO2. The molecule has 0 amide bonds. The molecule has 0 rings (SSSR count). The van der Waals surface area contributed by atoms with E-state index in [1.807, 2.05) is 0 Å². The number of carbonyl (C=O) groups is 1. The Morgan fingerprint density at radius 1 is 0.500 bits per heavy atom. The maximum Gasteiger partial charge on any atom is 0.461 e. The van der Waals surface area contributed by atoms with Crippen molar-refractivity contribution in [2.24, 2.45) is 0 Å². The van der Waals surface area contributed by atoms with Gasteiger partial charge < -0.3 is 5.11 Å². The Labute approximate surface area is 149 Å². The van der Waals surface area contributed by atoms with Crippen LogP contribution < -0.4 is 0 Å². The normalized spacial score (nSPS) is 16.2. The van der Waals surface area contributed by atoms with Gasteiger partial charge in [0.1, 0.15) is 0 Å². The van der Waals surface area contributed by atoms with Crippen LogP contribution >= 0.6 is 0 Å². The summed E-state index contributed by atoms with van der Waals surface area (Å²) in [5.41, 5.74) is 0. The van der Waals surface area contributed by atoms with Crippen molar-refractivity contribution in [1.82, 2.24) is 4.90 Å². The average molecular weight is 497 g/mol. The number of hydrogen-bond acceptors (Lipinski definition) is 2. The van der Waals surface area contributed by atoms with Gasteiger partial charge in [-0.05, 0) is 0 Å². The number of aliphatic carboxylic acids is 1. The summed E-state index contributed by atoms with van der Waals surface area (Å²) in [6.45, 7) is 0. The lowest BCUT2D eigenvalue weighted by Crippen LogP contribution is -2.78. The third-order valence-corrected chi connectivity index (χ3v) is 2.96. The van der Waals surface area contributed by atoms with Gasteiger partial charge >= 0.3 is 54.2 Å². The monoisotopic (exact) mass is 497 g/mol. The van der Waals surface area contributed by atoms with E-state index in [2.05, 4.69) is 0 Å². The molecule has 0 bridgehead atoms. The first kappa shape index (κ1) is 28.2. The van der Waals surface area contributed by atoms with Crippen LogP contribution in [0.25, 0.3) is 0 Å². The van der Waals surface area contributed by atoms with Gasteiger partial charge in [0.2, 0.25) is 0 Å². The van der Waals surface area contributed by atoms with Crippen LogP contribution in [-0.2, 0) is 4.79 Å². The second kappa shape index (κ2) is 6.84. The van der Waals surface area contributed by atoms with Gasteiger partial charge in [0.25, 0.3) is 0 Å². The van der Waals surface area contributed by atoms with E-state index in [4.69, 9.17) is 5.11 Å². The van der Waals surface area contributed by atoms with E-state index in [1.54, 1.807) is 0 Å². The maximum absolute atomic E-state index is 13.4. The highest BCUT2D eigenvalue weighted by atomic mass is 19.4. The Hall–Kier alpha value is -1.83. The minimum atomic E-state index is -8.72. The highest BCUT2D eigenvalue weighted by Gasteiger charge is 2.90. The van der Waals surface area contributed by atoms with Crippen molar-refractivity contribution in [3.05, 3.63) is 0 Å². The van der Waals surface area contributed by atoms with Gasteiger partial charge in [0.15, 0.2) is 0 Å². The predicted octanol–water partition coefficient (Wildman–Crippen LogP) is 5.18. The molecule has 21 heteroatoms. The summed E-state index contributed by atoms with van der Waals surface area (Å²) in [5.74, 6) is -29.1. The summed E-state index contributed by atoms with van der Waals surface area (Å²) in [4.78, 5) is 4.83.